The van der Waals surface area contributed by atoms with Gasteiger partial charge in [-0.15, -0.1) is 0 Å². The lowest BCUT2D eigenvalue weighted by molar-refractivity contribution is 0.277. The number of hydrogen-bond donors (Lipinski definition) is 2. The number of hydrogen-bond acceptors (Lipinski definition) is 3. The van der Waals surface area contributed by atoms with Gasteiger partial charge in [-0.05, 0) is 97.1 Å². The Balaban J connectivity index is 0.000000187. The van der Waals surface area contributed by atoms with Crippen molar-refractivity contribution in [3.63, 3.8) is 0 Å². The molecule has 0 amide bonds. The van der Waals surface area contributed by atoms with Crippen LogP contribution < -0.4 is 10.6 Å². The first kappa shape index (κ1) is 25.9. The van der Waals surface area contributed by atoms with Gasteiger partial charge in [0.1, 0.15) is 0 Å². The van der Waals surface area contributed by atoms with Gasteiger partial charge in [0.05, 0.1) is 0 Å². The summed E-state index contributed by atoms with van der Waals surface area (Å²) in [6.07, 6.45) is 18.6. The Labute approximate surface area is 177 Å². The fourth-order valence-electron chi connectivity index (χ4n) is 4.35. The van der Waals surface area contributed by atoms with Crippen molar-refractivity contribution in [2.45, 2.75) is 110 Å². The molecule has 1 aliphatic carbocycles. The fraction of sp³-hybridized carbons (Fsp3) is 1.00. The number of nitrogens with one attached hydrogen (secondary N) is 2. The minimum absolute atomic E-state index is 0.786. The predicted molar refractivity (Wildman–Crippen MR) is 126 cm³/mol. The van der Waals surface area contributed by atoms with Crippen LogP contribution in [0.2, 0.25) is 0 Å². The Morgan fingerprint density at radius 1 is 0.571 bits per heavy atom. The van der Waals surface area contributed by atoms with Gasteiger partial charge in [0, 0.05) is 6.04 Å². The summed E-state index contributed by atoms with van der Waals surface area (Å²) in [5, 5.41) is 6.70. The van der Waals surface area contributed by atoms with Crippen molar-refractivity contribution in [1.29, 1.82) is 0 Å². The molecule has 3 aliphatic heterocycles. The van der Waals surface area contributed by atoms with Gasteiger partial charge in [0.15, 0.2) is 0 Å². The second kappa shape index (κ2) is 17.7. The van der Waals surface area contributed by atoms with Crippen molar-refractivity contribution in [3.05, 3.63) is 0 Å². The summed E-state index contributed by atoms with van der Waals surface area (Å²) in [7, 11) is 2.19. The first-order chi connectivity index (χ1) is 13.6. The molecule has 28 heavy (non-hydrogen) atoms. The molecule has 0 spiro atoms. The molecule has 4 fully saturated rings. The number of rotatable bonds is 0. The Hall–Kier alpha value is -0.120. The van der Waals surface area contributed by atoms with Crippen molar-refractivity contribution >= 4 is 0 Å². The van der Waals surface area contributed by atoms with Gasteiger partial charge in [-0.1, -0.05) is 58.8 Å². The van der Waals surface area contributed by atoms with Crippen molar-refractivity contribution in [2.24, 2.45) is 11.8 Å². The number of likely N-dealkylation sites (tertiary alicyclic amines) is 1. The van der Waals surface area contributed by atoms with E-state index in [9.17, 15) is 0 Å². The molecule has 4 rings (SSSR count). The second-order valence-electron chi connectivity index (χ2n) is 9.89. The third-order valence-corrected chi connectivity index (χ3v) is 6.66. The lowest BCUT2D eigenvalue weighted by atomic mass is 9.91. The van der Waals surface area contributed by atoms with Crippen LogP contribution in [0.3, 0.4) is 0 Å². The maximum absolute atomic E-state index is 3.38. The van der Waals surface area contributed by atoms with Gasteiger partial charge in [-0.2, -0.15) is 0 Å². The highest BCUT2D eigenvalue weighted by Crippen LogP contribution is 2.22. The molecule has 0 bridgehead atoms. The molecule has 1 unspecified atom stereocenters. The molecule has 1 saturated carbocycles. The van der Waals surface area contributed by atoms with Crippen LogP contribution in [-0.2, 0) is 0 Å². The van der Waals surface area contributed by atoms with Crippen LogP contribution in [-0.4, -0.2) is 50.7 Å². The fourth-order valence-corrected chi connectivity index (χ4v) is 4.35. The van der Waals surface area contributed by atoms with Gasteiger partial charge in [0.2, 0.25) is 0 Å². The Morgan fingerprint density at radius 2 is 1.11 bits per heavy atom. The van der Waals surface area contributed by atoms with E-state index in [1.807, 2.05) is 0 Å². The average Bonchev–Trinajstić information content (AvgIpc) is 2.72. The van der Waals surface area contributed by atoms with Crippen LogP contribution in [0, 0.1) is 11.8 Å². The first-order valence-corrected chi connectivity index (χ1v) is 12.7. The molecule has 0 aromatic rings. The molecular weight excluding hydrogens is 342 g/mol. The summed E-state index contributed by atoms with van der Waals surface area (Å²) in [5.74, 6) is 2.01. The van der Waals surface area contributed by atoms with Crippen molar-refractivity contribution in [1.82, 2.24) is 15.5 Å². The molecule has 3 nitrogen and oxygen atoms in total. The third kappa shape index (κ3) is 15.8. The normalized spacial score (nSPS) is 27.2. The third-order valence-electron chi connectivity index (χ3n) is 6.66. The second-order valence-corrected chi connectivity index (χ2v) is 9.89. The highest BCUT2D eigenvalue weighted by atomic mass is 15.1. The van der Waals surface area contributed by atoms with Crippen LogP contribution >= 0.6 is 0 Å². The maximum atomic E-state index is 3.38. The summed E-state index contributed by atoms with van der Waals surface area (Å²) < 4.78 is 0. The first-order valence-electron chi connectivity index (χ1n) is 12.7. The van der Waals surface area contributed by atoms with Gasteiger partial charge in [-0.3, -0.25) is 0 Å². The predicted octanol–water partition coefficient (Wildman–Crippen LogP) is 5.84. The van der Waals surface area contributed by atoms with Crippen LogP contribution in [0.25, 0.3) is 0 Å². The molecular formula is C25H53N3. The van der Waals surface area contributed by atoms with Crippen molar-refractivity contribution in [3.8, 4) is 0 Å². The van der Waals surface area contributed by atoms with Gasteiger partial charge in [0.25, 0.3) is 0 Å². The zero-order valence-electron chi connectivity index (χ0n) is 19.9. The van der Waals surface area contributed by atoms with Crippen LogP contribution in [0.1, 0.15) is 104 Å². The van der Waals surface area contributed by atoms with Crippen molar-refractivity contribution < 1.29 is 0 Å². The summed E-state index contributed by atoms with van der Waals surface area (Å²) >= 11 is 0. The molecule has 0 aromatic carbocycles. The molecule has 4 aliphatic rings. The molecule has 1 atom stereocenters. The van der Waals surface area contributed by atoms with Gasteiger partial charge < -0.3 is 15.5 Å². The zero-order chi connectivity index (χ0) is 20.5. The van der Waals surface area contributed by atoms with E-state index in [2.05, 4.69) is 43.4 Å². The van der Waals surface area contributed by atoms with Crippen LogP contribution in [0.5, 0.6) is 0 Å². The summed E-state index contributed by atoms with van der Waals surface area (Å²) in [5.41, 5.74) is 0. The molecule has 0 aromatic heterocycles. The van der Waals surface area contributed by atoms with E-state index in [1.165, 1.54) is 116 Å². The molecule has 3 heterocycles. The Kier molecular flexibility index (Phi) is 16.4. The molecule has 3 heteroatoms. The smallest absolute Gasteiger partial charge is 0.00387 e. The minimum Gasteiger partial charge on any atom is -0.317 e. The lowest BCUT2D eigenvalue weighted by Gasteiger charge is -2.20. The SMILES string of the molecule is CC1CCCCC1.CC1CCCCN1.CC1CCNCC1.CN1CCCCC1. The van der Waals surface area contributed by atoms with Gasteiger partial charge >= 0.3 is 0 Å². The number of nitrogens with zero attached hydrogens (tertiary/aromatic N) is 1. The van der Waals surface area contributed by atoms with E-state index in [0.717, 1.165) is 17.9 Å². The molecule has 3 saturated heterocycles. The highest BCUT2D eigenvalue weighted by Gasteiger charge is 2.06. The quantitative estimate of drug-likeness (QED) is 0.539. The largest absolute Gasteiger partial charge is 0.317 e. The van der Waals surface area contributed by atoms with E-state index < -0.39 is 0 Å². The molecule has 2 N–H and O–H groups in total. The standard InChI is InChI=1S/C7H14.3C6H13N/c1-7-5-3-2-4-6-7;1-6-2-4-7-5-3-6;1-7-5-3-2-4-6-7;1-6-4-2-3-5-7-6/h7H,2-6H2,1H3;6-7H,2-5H2,1H3;2-6H2,1H3;6-7H,2-5H2,1H3. The Morgan fingerprint density at radius 3 is 1.39 bits per heavy atom. The molecule has 0 radical (unpaired) electrons. The summed E-state index contributed by atoms with van der Waals surface area (Å²) in [6, 6.07) is 0.786. The van der Waals surface area contributed by atoms with E-state index in [-0.39, 0.29) is 0 Å². The summed E-state index contributed by atoms with van der Waals surface area (Å²) in [4.78, 5) is 2.39. The van der Waals surface area contributed by atoms with E-state index >= 15 is 0 Å². The van der Waals surface area contributed by atoms with Gasteiger partial charge in [-0.25, -0.2) is 0 Å². The average molecular weight is 396 g/mol. The lowest BCUT2D eigenvalue weighted by Crippen LogP contribution is -2.30. The minimum atomic E-state index is 0.786. The highest BCUT2D eigenvalue weighted by molar-refractivity contribution is 4.66. The summed E-state index contributed by atoms with van der Waals surface area (Å²) in [6.45, 7) is 13.3. The van der Waals surface area contributed by atoms with Crippen LogP contribution in [0.15, 0.2) is 0 Å². The Bertz CT molecular complexity index is 246. The maximum Gasteiger partial charge on any atom is 0.00387 e. The van der Waals surface area contributed by atoms with E-state index in [0.29, 0.717) is 0 Å². The monoisotopic (exact) mass is 395 g/mol. The number of piperidine rings is 3. The van der Waals surface area contributed by atoms with E-state index in [4.69, 9.17) is 0 Å². The topological polar surface area (TPSA) is 27.3 Å². The zero-order valence-corrected chi connectivity index (χ0v) is 19.9. The molecule has 168 valence electrons. The van der Waals surface area contributed by atoms with E-state index in [1.54, 1.807) is 0 Å². The van der Waals surface area contributed by atoms with Crippen LogP contribution in [0.4, 0.5) is 0 Å². The van der Waals surface area contributed by atoms with Crippen molar-refractivity contribution in [2.75, 3.05) is 39.8 Å².